The number of hydrogen-bond donors (Lipinski definition) is 3. The molecule has 5 nitrogen and oxygen atoms in total. The minimum absolute atomic E-state index is 0.312. The summed E-state index contributed by atoms with van der Waals surface area (Å²) in [6.45, 7) is 2.34. The number of amides is 2. The Morgan fingerprint density at radius 2 is 1.89 bits per heavy atom. The van der Waals surface area contributed by atoms with Crippen LogP contribution in [0.25, 0.3) is 0 Å². The van der Waals surface area contributed by atoms with Crippen LogP contribution in [0.3, 0.4) is 0 Å². The van der Waals surface area contributed by atoms with Crippen LogP contribution >= 0.6 is 11.6 Å². The van der Waals surface area contributed by atoms with Crippen molar-refractivity contribution in [3.05, 3.63) is 34.9 Å². The van der Waals surface area contributed by atoms with Gasteiger partial charge in [-0.25, -0.2) is 4.79 Å². The Morgan fingerprint density at radius 1 is 1.26 bits per heavy atom. The van der Waals surface area contributed by atoms with E-state index >= 15 is 0 Å². The van der Waals surface area contributed by atoms with Gasteiger partial charge in [0.1, 0.15) is 0 Å². The maximum atomic E-state index is 11.4. The van der Waals surface area contributed by atoms with Gasteiger partial charge in [-0.1, -0.05) is 30.7 Å². The fourth-order valence-corrected chi connectivity index (χ4v) is 1.50. The van der Waals surface area contributed by atoms with Crippen molar-refractivity contribution in [3.63, 3.8) is 0 Å². The van der Waals surface area contributed by atoms with E-state index in [0.29, 0.717) is 24.5 Å². The first kappa shape index (κ1) is 15.3. The average molecular weight is 285 g/mol. The summed E-state index contributed by atoms with van der Waals surface area (Å²) < 4.78 is 0. The predicted octanol–water partition coefficient (Wildman–Crippen LogP) is 2.25. The molecule has 2 amide bonds. The first-order valence-corrected chi connectivity index (χ1v) is 6.36. The molecule has 0 bridgehead atoms. The van der Waals surface area contributed by atoms with Crippen LogP contribution in [0.1, 0.15) is 18.9 Å². The first-order valence-electron chi connectivity index (χ1n) is 5.98. The zero-order valence-corrected chi connectivity index (χ0v) is 11.4. The molecule has 0 saturated carbocycles. The monoisotopic (exact) mass is 284 g/mol. The second kappa shape index (κ2) is 7.63. The molecule has 3 N–H and O–H groups in total. The lowest BCUT2D eigenvalue weighted by Crippen LogP contribution is -2.36. The number of urea groups is 1. The minimum atomic E-state index is -0.858. The van der Waals surface area contributed by atoms with Crippen LogP contribution in [0.15, 0.2) is 24.3 Å². The standard InChI is InChI=1S/C13H17ClN2O3/c1-9(12(17)18)6-7-15-13(19)16-8-10-2-4-11(14)5-3-10/h2-5,9H,6-8H2,1H3,(H,17,18)(H2,15,16,19). The fourth-order valence-electron chi connectivity index (χ4n) is 1.37. The van der Waals surface area contributed by atoms with E-state index in [-0.39, 0.29) is 6.03 Å². The van der Waals surface area contributed by atoms with E-state index in [4.69, 9.17) is 16.7 Å². The Bertz CT molecular complexity index is 434. The number of carbonyl (C=O) groups excluding carboxylic acids is 1. The molecule has 1 unspecified atom stereocenters. The summed E-state index contributed by atoms with van der Waals surface area (Å²) in [4.78, 5) is 22.0. The molecule has 19 heavy (non-hydrogen) atoms. The van der Waals surface area contributed by atoms with Gasteiger partial charge in [0.05, 0.1) is 5.92 Å². The summed E-state index contributed by atoms with van der Waals surface area (Å²) in [5.74, 6) is -1.32. The molecule has 6 heteroatoms. The molecule has 1 rings (SSSR count). The molecule has 0 aromatic heterocycles. The van der Waals surface area contributed by atoms with Crippen molar-refractivity contribution < 1.29 is 14.7 Å². The second-order valence-electron chi connectivity index (χ2n) is 4.26. The maximum absolute atomic E-state index is 11.4. The van der Waals surface area contributed by atoms with Crippen molar-refractivity contribution in [2.24, 2.45) is 5.92 Å². The summed E-state index contributed by atoms with van der Waals surface area (Å²) in [7, 11) is 0. The van der Waals surface area contributed by atoms with E-state index in [1.165, 1.54) is 0 Å². The third-order valence-electron chi connectivity index (χ3n) is 2.65. The highest BCUT2D eigenvalue weighted by Gasteiger charge is 2.10. The Morgan fingerprint density at radius 3 is 2.47 bits per heavy atom. The van der Waals surface area contributed by atoms with Gasteiger partial charge in [-0.2, -0.15) is 0 Å². The lowest BCUT2D eigenvalue weighted by Gasteiger charge is -2.09. The molecular formula is C13H17ClN2O3. The molecule has 0 spiro atoms. The van der Waals surface area contributed by atoms with Crippen LogP contribution in [0.5, 0.6) is 0 Å². The number of halogens is 1. The van der Waals surface area contributed by atoms with Gasteiger partial charge in [-0.05, 0) is 24.1 Å². The zero-order chi connectivity index (χ0) is 14.3. The van der Waals surface area contributed by atoms with Crippen LogP contribution in [0, 0.1) is 5.92 Å². The number of hydrogen-bond acceptors (Lipinski definition) is 2. The molecule has 0 saturated heterocycles. The zero-order valence-electron chi connectivity index (χ0n) is 10.6. The highest BCUT2D eigenvalue weighted by molar-refractivity contribution is 6.30. The molecule has 104 valence electrons. The fraction of sp³-hybridized carbons (Fsp3) is 0.385. The number of carboxylic acids is 1. The summed E-state index contributed by atoms with van der Waals surface area (Å²) in [6, 6.07) is 6.85. The Balaban J connectivity index is 2.21. The highest BCUT2D eigenvalue weighted by atomic mass is 35.5. The number of benzene rings is 1. The third-order valence-corrected chi connectivity index (χ3v) is 2.90. The van der Waals surface area contributed by atoms with Crippen molar-refractivity contribution in [1.29, 1.82) is 0 Å². The van der Waals surface area contributed by atoms with Crippen LogP contribution in [0.4, 0.5) is 4.79 Å². The van der Waals surface area contributed by atoms with E-state index in [9.17, 15) is 9.59 Å². The lowest BCUT2D eigenvalue weighted by atomic mass is 10.1. The summed E-state index contributed by atoms with van der Waals surface area (Å²) >= 11 is 5.75. The van der Waals surface area contributed by atoms with Crippen LogP contribution in [-0.2, 0) is 11.3 Å². The van der Waals surface area contributed by atoms with E-state index < -0.39 is 11.9 Å². The number of carbonyl (C=O) groups is 2. The molecule has 0 aliphatic carbocycles. The first-order chi connectivity index (χ1) is 8.99. The van der Waals surface area contributed by atoms with Gasteiger partial charge in [0, 0.05) is 18.1 Å². The Labute approximate surface area is 117 Å². The SMILES string of the molecule is CC(CCNC(=O)NCc1ccc(Cl)cc1)C(=O)O. The van der Waals surface area contributed by atoms with Gasteiger partial charge >= 0.3 is 12.0 Å². The lowest BCUT2D eigenvalue weighted by molar-refractivity contribution is -0.141. The number of aliphatic carboxylic acids is 1. The predicted molar refractivity (Wildman–Crippen MR) is 73.1 cm³/mol. The van der Waals surface area contributed by atoms with Crippen LogP contribution in [-0.4, -0.2) is 23.7 Å². The quantitative estimate of drug-likeness (QED) is 0.750. The summed E-state index contributed by atoms with van der Waals surface area (Å²) in [5, 5.41) is 14.6. The van der Waals surface area contributed by atoms with Gasteiger partial charge in [0.2, 0.25) is 0 Å². The van der Waals surface area contributed by atoms with Crippen molar-refractivity contribution in [2.45, 2.75) is 19.9 Å². The molecule has 0 aliphatic heterocycles. The molecule has 0 fully saturated rings. The van der Waals surface area contributed by atoms with Gasteiger partial charge < -0.3 is 15.7 Å². The van der Waals surface area contributed by atoms with Crippen molar-refractivity contribution in [1.82, 2.24) is 10.6 Å². The third kappa shape index (κ3) is 6.10. The molecule has 1 atom stereocenters. The smallest absolute Gasteiger partial charge is 0.315 e. The van der Waals surface area contributed by atoms with Crippen LogP contribution in [0.2, 0.25) is 5.02 Å². The highest BCUT2D eigenvalue weighted by Crippen LogP contribution is 2.09. The van der Waals surface area contributed by atoms with Gasteiger partial charge in [-0.15, -0.1) is 0 Å². The molecule has 1 aromatic carbocycles. The van der Waals surface area contributed by atoms with E-state index in [1.54, 1.807) is 19.1 Å². The topological polar surface area (TPSA) is 78.4 Å². The molecular weight excluding hydrogens is 268 g/mol. The summed E-state index contributed by atoms with van der Waals surface area (Å²) in [5.41, 5.74) is 0.943. The van der Waals surface area contributed by atoms with Gasteiger partial charge in [-0.3, -0.25) is 4.79 Å². The van der Waals surface area contributed by atoms with E-state index in [2.05, 4.69) is 10.6 Å². The van der Waals surface area contributed by atoms with Gasteiger partial charge in [0.25, 0.3) is 0 Å². The number of rotatable bonds is 6. The largest absolute Gasteiger partial charge is 0.481 e. The normalized spacial score (nSPS) is 11.7. The van der Waals surface area contributed by atoms with Crippen molar-refractivity contribution >= 4 is 23.6 Å². The molecule has 0 heterocycles. The van der Waals surface area contributed by atoms with E-state index in [0.717, 1.165) is 5.56 Å². The molecule has 1 aromatic rings. The Hall–Kier alpha value is -1.75. The number of nitrogens with one attached hydrogen (secondary N) is 2. The molecule has 0 radical (unpaired) electrons. The molecule has 0 aliphatic rings. The minimum Gasteiger partial charge on any atom is -0.481 e. The van der Waals surface area contributed by atoms with E-state index in [1.807, 2.05) is 12.1 Å². The Kier molecular flexibility index (Phi) is 6.15. The maximum Gasteiger partial charge on any atom is 0.315 e. The van der Waals surface area contributed by atoms with Crippen molar-refractivity contribution in [2.75, 3.05) is 6.54 Å². The average Bonchev–Trinajstić information content (AvgIpc) is 2.37. The van der Waals surface area contributed by atoms with Crippen LogP contribution < -0.4 is 10.6 Å². The number of carboxylic acid groups (broad SMARTS) is 1. The summed E-state index contributed by atoms with van der Waals surface area (Å²) in [6.07, 6.45) is 0.406. The van der Waals surface area contributed by atoms with Gasteiger partial charge in [0.15, 0.2) is 0 Å². The second-order valence-corrected chi connectivity index (χ2v) is 4.70. The van der Waals surface area contributed by atoms with Crippen molar-refractivity contribution in [3.8, 4) is 0 Å².